The van der Waals surface area contributed by atoms with Crippen LogP contribution < -0.4 is 5.32 Å². The van der Waals surface area contributed by atoms with Crippen molar-refractivity contribution >= 4 is 27.7 Å². The molecule has 8 heteroatoms. The molecule has 1 saturated heterocycles. The van der Waals surface area contributed by atoms with Gasteiger partial charge in [0, 0.05) is 37.7 Å². The standard InChI is InChI=1S/C20H24ClN3O3S/c1-16-3-5-17(6-4-16)15-22-20(25)23-11-2-12-24(14-13-23)28(26,27)19-9-7-18(21)8-10-19/h3-10H,2,11-15H2,1H3,(H,22,25). The number of amides is 2. The van der Waals surface area contributed by atoms with Gasteiger partial charge in [-0.2, -0.15) is 4.31 Å². The lowest BCUT2D eigenvalue weighted by Crippen LogP contribution is -2.42. The molecule has 28 heavy (non-hydrogen) atoms. The van der Waals surface area contributed by atoms with Crippen molar-refractivity contribution in [1.82, 2.24) is 14.5 Å². The van der Waals surface area contributed by atoms with E-state index in [0.717, 1.165) is 5.56 Å². The molecule has 1 aliphatic rings. The first-order chi connectivity index (χ1) is 13.4. The summed E-state index contributed by atoms with van der Waals surface area (Å²) >= 11 is 5.85. The second kappa shape index (κ2) is 8.94. The van der Waals surface area contributed by atoms with Gasteiger partial charge >= 0.3 is 6.03 Å². The molecule has 1 N–H and O–H groups in total. The van der Waals surface area contributed by atoms with E-state index in [1.807, 2.05) is 31.2 Å². The lowest BCUT2D eigenvalue weighted by Gasteiger charge is -2.22. The number of hydrogen-bond acceptors (Lipinski definition) is 3. The molecule has 0 saturated carbocycles. The maximum Gasteiger partial charge on any atom is 0.317 e. The van der Waals surface area contributed by atoms with Crippen LogP contribution in [-0.4, -0.2) is 49.8 Å². The second-order valence-corrected chi connectivity index (χ2v) is 9.22. The highest BCUT2D eigenvalue weighted by Gasteiger charge is 2.28. The van der Waals surface area contributed by atoms with Crippen molar-refractivity contribution in [3.05, 3.63) is 64.7 Å². The van der Waals surface area contributed by atoms with Crippen LogP contribution in [0.15, 0.2) is 53.4 Å². The van der Waals surface area contributed by atoms with E-state index in [2.05, 4.69) is 5.32 Å². The predicted molar refractivity (Wildman–Crippen MR) is 110 cm³/mol. The number of halogens is 1. The molecular weight excluding hydrogens is 398 g/mol. The molecule has 2 aromatic carbocycles. The van der Waals surface area contributed by atoms with E-state index in [9.17, 15) is 13.2 Å². The minimum absolute atomic E-state index is 0.175. The second-order valence-electron chi connectivity index (χ2n) is 6.84. The van der Waals surface area contributed by atoms with Gasteiger partial charge in [0.2, 0.25) is 10.0 Å². The maximum absolute atomic E-state index is 12.8. The quantitative estimate of drug-likeness (QED) is 0.823. The fourth-order valence-electron chi connectivity index (χ4n) is 3.09. The third-order valence-electron chi connectivity index (χ3n) is 4.76. The molecule has 2 aromatic rings. The summed E-state index contributed by atoms with van der Waals surface area (Å²) in [6, 6.07) is 14.0. The minimum atomic E-state index is -3.59. The predicted octanol–water partition coefficient (Wildman–Crippen LogP) is 3.25. The normalized spacial score (nSPS) is 15.9. The number of carbonyl (C=O) groups excluding carboxylic acids is 1. The molecule has 0 bridgehead atoms. The molecule has 0 unspecified atom stereocenters. The Labute approximate surface area is 171 Å². The first-order valence-electron chi connectivity index (χ1n) is 9.20. The molecule has 0 aromatic heterocycles. The molecule has 0 atom stereocenters. The molecule has 150 valence electrons. The number of aryl methyl sites for hydroxylation is 1. The number of nitrogens with zero attached hydrogens (tertiary/aromatic N) is 2. The van der Waals surface area contributed by atoms with Gasteiger partial charge in [-0.15, -0.1) is 0 Å². The van der Waals surface area contributed by atoms with Crippen LogP contribution in [0.25, 0.3) is 0 Å². The Morgan fingerprint density at radius 2 is 1.68 bits per heavy atom. The highest BCUT2D eigenvalue weighted by molar-refractivity contribution is 7.89. The van der Waals surface area contributed by atoms with Gasteiger partial charge in [-0.1, -0.05) is 41.4 Å². The van der Waals surface area contributed by atoms with E-state index in [0.29, 0.717) is 37.6 Å². The summed E-state index contributed by atoms with van der Waals surface area (Å²) in [6.07, 6.45) is 0.588. The summed E-state index contributed by atoms with van der Waals surface area (Å²) in [5, 5.41) is 3.40. The molecule has 0 radical (unpaired) electrons. The summed E-state index contributed by atoms with van der Waals surface area (Å²) in [7, 11) is -3.59. The third kappa shape index (κ3) is 5.04. The lowest BCUT2D eigenvalue weighted by molar-refractivity contribution is 0.200. The van der Waals surface area contributed by atoms with Crippen LogP contribution in [0.1, 0.15) is 17.5 Å². The summed E-state index contributed by atoms with van der Waals surface area (Å²) in [5.74, 6) is 0. The van der Waals surface area contributed by atoms with Crippen LogP contribution in [0.4, 0.5) is 4.79 Å². The highest BCUT2D eigenvalue weighted by atomic mass is 35.5. The zero-order valence-electron chi connectivity index (χ0n) is 15.8. The molecule has 6 nitrogen and oxygen atoms in total. The maximum atomic E-state index is 12.8. The molecule has 1 aliphatic heterocycles. The van der Waals surface area contributed by atoms with Crippen molar-refractivity contribution in [2.75, 3.05) is 26.2 Å². The number of urea groups is 1. The summed E-state index contributed by atoms with van der Waals surface area (Å²) < 4.78 is 27.1. The van der Waals surface area contributed by atoms with Crippen molar-refractivity contribution in [2.45, 2.75) is 24.8 Å². The Morgan fingerprint density at radius 1 is 1.00 bits per heavy atom. The van der Waals surface area contributed by atoms with E-state index in [4.69, 9.17) is 11.6 Å². The molecular formula is C20H24ClN3O3S. The zero-order chi connectivity index (χ0) is 20.1. The highest BCUT2D eigenvalue weighted by Crippen LogP contribution is 2.20. The summed E-state index contributed by atoms with van der Waals surface area (Å²) in [5.41, 5.74) is 2.20. The average Bonchev–Trinajstić information content (AvgIpc) is 2.94. The van der Waals surface area contributed by atoms with Crippen LogP contribution >= 0.6 is 11.6 Å². The van der Waals surface area contributed by atoms with Gasteiger partial charge in [0.15, 0.2) is 0 Å². The van der Waals surface area contributed by atoms with E-state index in [-0.39, 0.29) is 17.5 Å². The smallest absolute Gasteiger partial charge is 0.317 e. The molecule has 0 spiro atoms. The number of rotatable bonds is 4. The Balaban J connectivity index is 1.58. The van der Waals surface area contributed by atoms with Crippen molar-refractivity contribution in [3.63, 3.8) is 0 Å². The zero-order valence-corrected chi connectivity index (χ0v) is 17.3. The first kappa shape index (κ1) is 20.6. The third-order valence-corrected chi connectivity index (χ3v) is 6.92. The fraction of sp³-hybridized carbons (Fsp3) is 0.350. The van der Waals surface area contributed by atoms with E-state index >= 15 is 0 Å². The van der Waals surface area contributed by atoms with Gasteiger partial charge in [-0.25, -0.2) is 13.2 Å². The molecule has 3 rings (SSSR count). The molecule has 1 heterocycles. The lowest BCUT2D eigenvalue weighted by atomic mass is 10.1. The Bertz CT molecular complexity index is 915. The van der Waals surface area contributed by atoms with Gasteiger partial charge in [0.25, 0.3) is 0 Å². The van der Waals surface area contributed by atoms with Gasteiger partial charge in [-0.3, -0.25) is 0 Å². The van der Waals surface area contributed by atoms with E-state index < -0.39 is 10.0 Å². The summed E-state index contributed by atoms with van der Waals surface area (Å²) in [4.78, 5) is 14.4. The van der Waals surface area contributed by atoms with Crippen LogP contribution in [0, 0.1) is 6.92 Å². The first-order valence-corrected chi connectivity index (χ1v) is 11.0. The van der Waals surface area contributed by atoms with Crippen molar-refractivity contribution in [1.29, 1.82) is 0 Å². The largest absolute Gasteiger partial charge is 0.334 e. The Hall–Kier alpha value is -2.09. The van der Waals surface area contributed by atoms with Gasteiger partial charge < -0.3 is 10.2 Å². The van der Waals surface area contributed by atoms with Crippen LogP contribution in [-0.2, 0) is 16.6 Å². The van der Waals surface area contributed by atoms with Gasteiger partial charge in [-0.05, 0) is 43.2 Å². The van der Waals surface area contributed by atoms with Crippen LogP contribution in [0.5, 0.6) is 0 Å². The Kier molecular flexibility index (Phi) is 6.59. The number of sulfonamides is 1. The van der Waals surface area contributed by atoms with E-state index in [1.54, 1.807) is 17.0 Å². The molecule has 2 amide bonds. The van der Waals surface area contributed by atoms with Crippen LogP contribution in [0.3, 0.4) is 0 Å². The number of nitrogens with one attached hydrogen (secondary N) is 1. The Morgan fingerprint density at radius 3 is 2.36 bits per heavy atom. The summed E-state index contributed by atoms with van der Waals surface area (Å²) in [6.45, 7) is 3.99. The van der Waals surface area contributed by atoms with E-state index in [1.165, 1.54) is 22.0 Å². The average molecular weight is 422 g/mol. The SMILES string of the molecule is Cc1ccc(CNC(=O)N2CCCN(S(=O)(=O)c3ccc(Cl)cc3)CC2)cc1. The molecule has 0 aliphatic carbocycles. The number of benzene rings is 2. The van der Waals surface area contributed by atoms with Crippen molar-refractivity contribution < 1.29 is 13.2 Å². The fourth-order valence-corrected chi connectivity index (χ4v) is 4.68. The molecule has 1 fully saturated rings. The van der Waals surface area contributed by atoms with Gasteiger partial charge in [0.05, 0.1) is 4.90 Å². The van der Waals surface area contributed by atoms with Crippen LogP contribution in [0.2, 0.25) is 5.02 Å². The van der Waals surface area contributed by atoms with Crippen molar-refractivity contribution in [2.24, 2.45) is 0 Å². The number of hydrogen-bond donors (Lipinski definition) is 1. The monoisotopic (exact) mass is 421 g/mol. The van der Waals surface area contributed by atoms with Gasteiger partial charge in [0.1, 0.15) is 0 Å². The van der Waals surface area contributed by atoms with Crippen molar-refractivity contribution in [3.8, 4) is 0 Å². The number of carbonyl (C=O) groups is 1. The minimum Gasteiger partial charge on any atom is -0.334 e. The topological polar surface area (TPSA) is 69.7 Å².